The highest BCUT2D eigenvalue weighted by molar-refractivity contribution is 9.10. The molecule has 5 heteroatoms. The third-order valence-corrected chi connectivity index (χ3v) is 6.71. The van der Waals surface area contributed by atoms with Crippen LogP contribution in [-0.2, 0) is 25.8 Å². The Balaban J connectivity index is 2.11. The molecule has 0 radical (unpaired) electrons. The van der Waals surface area contributed by atoms with Gasteiger partial charge in [-0.25, -0.2) is 0 Å². The number of nitrogens with one attached hydrogen (secondary N) is 1. The molecular weight excluding hydrogens is 416 g/mol. The van der Waals surface area contributed by atoms with Gasteiger partial charge in [0.1, 0.15) is 5.56 Å². The zero-order valence-corrected chi connectivity index (χ0v) is 18.6. The van der Waals surface area contributed by atoms with Crippen molar-refractivity contribution in [3.8, 4) is 0 Å². The lowest BCUT2D eigenvalue weighted by Crippen LogP contribution is -2.30. The number of carbonyl (C=O) groups is 1. The first-order valence-corrected chi connectivity index (χ1v) is 11.1. The van der Waals surface area contributed by atoms with E-state index in [4.69, 9.17) is 0 Å². The molecule has 4 nitrogen and oxygen atoms in total. The molecule has 0 fully saturated rings. The van der Waals surface area contributed by atoms with Gasteiger partial charge in [0.25, 0.3) is 5.91 Å². The predicted molar refractivity (Wildman–Crippen MR) is 118 cm³/mol. The minimum absolute atomic E-state index is 0.200. The molecule has 2 heterocycles. The van der Waals surface area contributed by atoms with E-state index in [1.165, 1.54) is 6.42 Å². The standard InChI is InChI=1S/C23H29BrN2O2/c1-4-16-11-10-12-17(5-2)21(16)25-23(28)19-18-13-8-6-7-9-14-26(18)15(3)20(24)22(19)27/h10-12H,4-9,13-14H2,1-3H3,(H,25,28). The summed E-state index contributed by atoms with van der Waals surface area (Å²) in [7, 11) is 0. The second-order valence-corrected chi connectivity index (χ2v) is 8.27. The zero-order valence-electron chi connectivity index (χ0n) is 17.0. The number of fused-ring (bicyclic) bond motifs is 1. The second-order valence-electron chi connectivity index (χ2n) is 7.48. The molecule has 2 aromatic rings. The lowest BCUT2D eigenvalue weighted by molar-refractivity contribution is 0.102. The van der Waals surface area contributed by atoms with Gasteiger partial charge in [0, 0.05) is 23.6 Å². The number of amides is 1. The van der Waals surface area contributed by atoms with Gasteiger partial charge < -0.3 is 9.88 Å². The third kappa shape index (κ3) is 3.95. The number of halogens is 1. The molecular formula is C23H29BrN2O2. The minimum atomic E-state index is -0.286. The maximum Gasteiger partial charge on any atom is 0.261 e. The second kappa shape index (κ2) is 9.08. The summed E-state index contributed by atoms with van der Waals surface area (Å²) in [4.78, 5) is 26.4. The normalized spacial score (nSPS) is 14.1. The number of aromatic nitrogens is 1. The van der Waals surface area contributed by atoms with Crippen LogP contribution < -0.4 is 10.7 Å². The smallest absolute Gasteiger partial charge is 0.261 e. The number of pyridine rings is 1. The molecule has 3 rings (SSSR count). The van der Waals surface area contributed by atoms with Crippen LogP contribution >= 0.6 is 15.9 Å². The number of hydrogen-bond acceptors (Lipinski definition) is 2. The van der Waals surface area contributed by atoms with Crippen LogP contribution in [0.2, 0.25) is 0 Å². The Morgan fingerprint density at radius 3 is 2.39 bits per heavy atom. The SMILES string of the molecule is CCc1cccc(CC)c1NC(=O)c1c2n(c(C)c(Br)c1=O)CCCCCC2. The topological polar surface area (TPSA) is 51.1 Å². The summed E-state index contributed by atoms with van der Waals surface area (Å²) < 4.78 is 2.67. The summed E-state index contributed by atoms with van der Waals surface area (Å²) in [5.41, 5.74) is 4.96. The Kier molecular flexibility index (Phi) is 6.76. The summed E-state index contributed by atoms with van der Waals surface area (Å²) in [6.07, 6.45) is 6.84. The first kappa shape index (κ1) is 20.8. The van der Waals surface area contributed by atoms with E-state index in [0.717, 1.165) is 73.3 Å². The van der Waals surface area contributed by atoms with E-state index in [1.807, 2.05) is 25.1 Å². The zero-order chi connectivity index (χ0) is 20.3. The Morgan fingerprint density at radius 1 is 1.11 bits per heavy atom. The van der Waals surface area contributed by atoms with Crippen molar-refractivity contribution in [2.24, 2.45) is 0 Å². The summed E-state index contributed by atoms with van der Waals surface area (Å²) >= 11 is 3.45. The maximum atomic E-state index is 13.4. The van der Waals surface area contributed by atoms with Crippen molar-refractivity contribution in [1.29, 1.82) is 0 Å². The van der Waals surface area contributed by atoms with Crippen molar-refractivity contribution in [1.82, 2.24) is 4.57 Å². The Morgan fingerprint density at radius 2 is 1.75 bits per heavy atom. The molecule has 0 aliphatic carbocycles. The van der Waals surface area contributed by atoms with Gasteiger partial charge in [-0.3, -0.25) is 9.59 Å². The quantitative estimate of drug-likeness (QED) is 0.684. The van der Waals surface area contributed by atoms with E-state index >= 15 is 0 Å². The molecule has 0 saturated heterocycles. The first-order chi connectivity index (χ1) is 13.5. The van der Waals surface area contributed by atoms with Gasteiger partial charge in [-0.15, -0.1) is 0 Å². The largest absolute Gasteiger partial charge is 0.347 e. The van der Waals surface area contributed by atoms with Crippen molar-refractivity contribution >= 4 is 27.5 Å². The van der Waals surface area contributed by atoms with Crippen LogP contribution in [0.25, 0.3) is 0 Å². The fraction of sp³-hybridized carbons (Fsp3) is 0.478. The summed E-state index contributed by atoms with van der Waals surface area (Å²) in [6.45, 7) is 6.97. The minimum Gasteiger partial charge on any atom is -0.347 e. The molecule has 150 valence electrons. The van der Waals surface area contributed by atoms with E-state index in [0.29, 0.717) is 10.0 Å². The molecule has 0 unspecified atom stereocenters. The lowest BCUT2D eigenvalue weighted by atomic mass is 9.99. The average Bonchev–Trinajstić information content (AvgIpc) is 2.67. The summed E-state index contributed by atoms with van der Waals surface area (Å²) in [5.74, 6) is -0.286. The average molecular weight is 445 g/mol. The first-order valence-electron chi connectivity index (χ1n) is 10.3. The molecule has 0 atom stereocenters. The number of benzene rings is 1. The van der Waals surface area contributed by atoms with Crippen LogP contribution in [0.15, 0.2) is 27.5 Å². The van der Waals surface area contributed by atoms with E-state index in [1.54, 1.807) is 0 Å². The van der Waals surface area contributed by atoms with Crippen molar-refractivity contribution < 1.29 is 4.79 Å². The van der Waals surface area contributed by atoms with Crippen molar-refractivity contribution in [2.75, 3.05) is 5.32 Å². The summed E-state index contributed by atoms with van der Waals surface area (Å²) in [5, 5.41) is 3.10. The van der Waals surface area contributed by atoms with Crippen molar-refractivity contribution in [3.63, 3.8) is 0 Å². The van der Waals surface area contributed by atoms with Crippen LogP contribution in [0, 0.1) is 6.92 Å². The molecule has 1 aliphatic heterocycles. The van der Waals surface area contributed by atoms with Crippen LogP contribution in [0.3, 0.4) is 0 Å². The van der Waals surface area contributed by atoms with E-state index in [9.17, 15) is 9.59 Å². The van der Waals surface area contributed by atoms with Crippen LogP contribution in [0.5, 0.6) is 0 Å². The van der Waals surface area contributed by atoms with Gasteiger partial charge in [0.15, 0.2) is 0 Å². The Hall–Kier alpha value is -1.88. The van der Waals surface area contributed by atoms with Crippen molar-refractivity contribution in [3.05, 3.63) is 61.0 Å². The molecule has 0 saturated carbocycles. The summed E-state index contributed by atoms with van der Waals surface area (Å²) in [6, 6.07) is 6.11. The highest BCUT2D eigenvalue weighted by Crippen LogP contribution is 2.26. The Bertz CT molecular complexity index is 924. The van der Waals surface area contributed by atoms with Gasteiger partial charge >= 0.3 is 0 Å². The van der Waals surface area contributed by atoms with Gasteiger partial charge in [-0.1, -0.05) is 44.9 Å². The molecule has 1 aromatic heterocycles. The van der Waals surface area contributed by atoms with Crippen molar-refractivity contribution in [2.45, 2.75) is 72.3 Å². The monoisotopic (exact) mass is 444 g/mol. The van der Waals surface area contributed by atoms with Crippen LogP contribution in [0.1, 0.15) is 72.4 Å². The van der Waals surface area contributed by atoms with Gasteiger partial charge in [-0.2, -0.15) is 0 Å². The molecule has 1 aliphatic rings. The lowest BCUT2D eigenvalue weighted by Gasteiger charge is -2.23. The number of anilines is 1. The highest BCUT2D eigenvalue weighted by Gasteiger charge is 2.25. The molecule has 1 aromatic carbocycles. The van der Waals surface area contributed by atoms with Gasteiger partial charge in [0.2, 0.25) is 5.43 Å². The highest BCUT2D eigenvalue weighted by atomic mass is 79.9. The van der Waals surface area contributed by atoms with E-state index < -0.39 is 0 Å². The third-order valence-electron chi connectivity index (χ3n) is 5.77. The number of rotatable bonds is 4. The van der Waals surface area contributed by atoms with Gasteiger partial charge in [0.05, 0.1) is 4.47 Å². The number of aryl methyl sites for hydroxylation is 2. The molecule has 1 amide bonds. The predicted octanol–water partition coefficient (Wildman–Crippen LogP) is 5.41. The molecule has 1 N–H and O–H groups in total. The number of hydrogen-bond donors (Lipinski definition) is 1. The van der Waals surface area contributed by atoms with E-state index in [2.05, 4.69) is 39.7 Å². The number of para-hydroxylation sites is 1. The molecule has 0 spiro atoms. The fourth-order valence-corrected chi connectivity index (χ4v) is 4.57. The number of nitrogens with zero attached hydrogens (tertiary/aromatic N) is 1. The molecule has 28 heavy (non-hydrogen) atoms. The Labute approximate surface area is 175 Å². The van der Waals surface area contributed by atoms with Gasteiger partial charge in [-0.05, 0) is 66.1 Å². The fourth-order valence-electron chi connectivity index (χ4n) is 4.15. The van der Waals surface area contributed by atoms with Crippen LogP contribution in [-0.4, -0.2) is 10.5 Å². The van der Waals surface area contributed by atoms with Crippen LogP contribution in [0.4, 0.5) is 5.69 Å². The van der Waals surface area contributed by atoms with E-state index in [-0.39, 0.29) is 11.3 Å². The molecule has 0 bridgehead atoms. The maximum absolute atomic E-state index is 13.4. The number of carbonyl (C=O) groups excluding carboxylic acids is 1.